The highest BCUT2D eigenvalue weighted by atomic mass is 127. The van der Waals surface area contributed by atoms with E-state index in [4.69, 9.17) is 11.6 Å². The fourth-order valence-electron chi connectivity index (χ4n) is 2.35. The van der Waals surface area contributed by atoms with Gasteiger partial charge in [0.2, 0.25) is 0 Å². The maximum absolute atomic E-state index is 12.6. The molecule has 3 rings (SSSR count). The van der Waals surface area contributed by atoms with Crippen LogP contribution in [0.4, 0.5) is 11.4 Å². The zero-order valence-electron chi connectivity index (χ0n) is 13.5. The Kier molecular flexibility index (Phi) is 5.90. The Hall–Kier alpha value is -2.38. The van der Waals surface area contributed by atoms with Gasteiger partial charge in [-0.2, -0.15) is 0 Å². The van der Waals surface area contributed by atoms with Gasteiger partial charge in [-0.05, 0) is 65.1 Å². The molecule has 0 aliphatic rings. The highest BCUT2D eigenvalue weighted by molar-refractivity contribution is 14.1. The monoisotopic (exact) mass is 476 g/mol. The fraction of sp³-hybridized carbons (Fsp3) is 0. The van der Waals surface area contributed by atoms with E-state index in [0.717, 1.165) is 3.57 Å². The van der Waals surface area contributed by atoms with Crippen LogP contribution < -0.4 is 10.6 Å². The van der Waals surface area contributed by atoms with Gasteiger partial charge in [0.25, 0.3) is 11.8 Å². The van der Waals surface area contributed by atoms with Crippen LogP contribution in [-0.2, 0) is 0 Å². The molecule has 130 valence electrons. The second-order valence-electron chi connectivity index (χ2n) is 5.44. The molecule has 0 heterocycles. The third-order valence-corrected chi connectivity index (χ3v) is 4.76. The zero-order chi connectivity index (χ0) is 18.5. The van der Waals surface area contributed by atoms with Crippen molar-refractivity contribution >= 4 is 57.4 Å². The minimum atomic E-state index is -0.271. The van der Waals surface area contributed by atoms with Crippen LogP contribution in [0, 0.1) is 3.57 Å². The number of hydrogen-bond acceptors (Lipinski definition) is 2. The topological polar surface area (TPSA) is 58.2 Å². The van der Waals surface area contributed by atoms with Crippen LogP contribution in [0.2, 0.25) is 5.02 Å². The molecule has 4 nitrogen and oxygen atoms in total. The molecule has 3 aromatic carbocycles. The summed E-state index contributed by atoms with van der Waals surface area (Å²) in [5.41, 5.74) is 2.10. The lowest BCUT2D eigenvalue weighted by atomic mass is 10.2. The van der Waals surface area contributed by atoms with Crippen molar-refractivity contribution in [1.82, 2.24) is 0 Å². The zero-order valence-corrected chi connectivity index (χ0v) is 16.4. The van der Waals surface area contributed by atoms with E-state index < -0.39 is 0 Å². The molecular formula is C20H14ClIN2O2. The van der Waals surface area contributed by atoms with E-state index in [0.29, 0.717) is 27.5 Å². The first-order valence-electron chi connectivity index (χ1n) is 7.76. The van der Waals surface area contributed by atoms with Crippen molar-refractivity contribution < 1.29 is 9.59 Å². The predicted molar refractivity (Wildman–Crippen MR) is 113 cm³/mol. The molecule has 6 heteroatoms. The van der Waals surface area contributed by atoms with Gasteiger partial charge in [0, 0.05) is 14.2 Å². The highest BCUT2D eigenvalue weighted by Gasteiger charge is 2.14. The molecule has 0 aliphatic carbocycles. The van der Waals surface area contributed by atoms with Gasteiger partial charge in [0.05, 0.1) is 16.9 Å². The number of hydrogen-bond donors (Lipinski definition) is 2. The molecule has 0 saturated heterocycles. The van der Waals surface area contributed by atoms with E-state index in [1.165, 1.54) is 0 Å². The Balaban J connectivity index is 1.81. The lowest BCUT2D eigenvalue weighted by Crippen LogP contribution is -2.17. The van der Waals surface area contributed by atoms with Gasteiger partial charge >= 0.3 is 0 Å². The van der Waals surface area contributed by atoms with Crippen LogP contribution in [-0.4, -0.2) is 11.8 Å². The number of anilines is 2. The van der Waals surface area contributed by atoms with Crippen LogP contribution in [0.15, 0.2) is 72.8 Å². The number of halogens is 2. The SMILES string of the molecule is O=C(Nc1ccccc1NC(=O)c1ccc(Cl)cc1I)c1ccccc1. The Labute approximate surface area is 169 Å². The molecule has 2 amide bonds. The number of benzene rings is 3. The first kappa shape index (κ1) is 18.4. The highest BCUT2D eigenvalue weighted by Crippen LogP contribution is 2.24. The number of amides is 2. The van der Waals surface area contributed by atoms with Gasteiger partial charge < -0.3 is 10.6 Å². The summed E-state index contributed by atoms with van der Waals surface area (Å²) in [6.45, 7) is 0. The van der Waals surface area contributed by atoms with Crippen molar-refractivity contribution in [3.8, 4) is 0 Å². The third kappa shape index (κ3) is 4.42. The van der Waals surface area contributed by atoms with Crippen LogP contribution in [0.3, 0.4) is 0 Å². The smallest absolute Gasteiger partial charge is 0.256 e. The van der Waals surface area contributed by atoms with Gasteiger partial charge in [0.1, 0.15) is 0 Å². The molecule has 0 aromatic heterocycles. The maximum atomic E-state index is 12.6. The Morgan fingerprint density at radius 1 is 0.769 bits per heavy atom. The number of carbonyl (C=O) groups excluding carboxylic acids is 2. The standard InChI is InChI=1S/C20H14ClIN2O2/c21-14-10-11-15(16(22)12-14)20(26)24-18-9-5-4-8-17(18)23-19(25)13-6-2-1-3-7-13/h1-12H,(H,23,25)(H,24,26). The predicted octanol–water partition coefficient (Wildman–Crippen LogP) is 5.45. The molecule has 0 aliphatic heterocycles. The van der Waals surface area contributed by atoms with E-state index >= 15 is 0 Å². The maximum Gasteiger partial charge on any atom is 0.256 e. The van der Waals surface area contributed by atoms with Crippen LogP contribution in [0.5, 0.6) is 0 Å². The van der Waals surface area contributed by atoms with Crippen molar-refractivity contribution in [2.45, 2.75) is 0 Å². The van der Waals surface area contributed by atoms with Gasteiger partial charge in [-0.1, -0.05) is 41.9 Å². The van der Waals surface area contributed by atoms with E-state index in [2.05, 4.69) is 33.2 Å². The third-order valence-electron chi connectivity index (χ3n) is 3.64. The first-order chi connectivity index (χ1) is 12.5. The molecule has 0 bridgehead atoms. The van der Waals surface area contributed by atoms with Gasteiger partial charge in [-0.15, -0.1) is 0 Å². The summed E-state index contributed by atoms with van der Waals surface area (Å²) >= 11 is 8.00. The average molecular weight is 477 g/mol. The molecule has 0 radical (unpaired) electrons. The van der Waals surface area contributed by atoms with Gasteiger partial charge in [-0.25, -0.2) is 0 Å². The molecule has 0 fully saturated rings. The minimum Gasteiger partial charge on any atom is -0.320 e. The Bertz CT molecular complexity index is 961. The van der Waals surface area contributed by atoms with Crippen LogP contribution in [0.25, 0.3) is 0 Å². The molecule has 3 aromatic rings. The number of carbonyl (C=O) groups is 2. The number of rotatable bonds is 4. The molecule has 26 heavy (non-hydrogen) atoms. The number of nitrogens with one attached hydrogen (secondary N) is 2. The number of para-hydroxylation sites is 2. The summed E-state index contributed by atoms with van der Waals surface area (Å²) in [6.07, 6.45) is 0. The average Bonchev–Trinajstić information content (AvgIpc) is 2.64. The van der Waals surface area contributed by atoms with Crippen LogP contribution >= 0.6 is 34.2 Å². The van der Waals surface area contributed by atoms with E-state index in [1.54, 1.807) is 66.7 Å². The van der Waals surface area contributed by atoms with Crippen molar-refractivity contribution in [3.63, 3.8) is 0 Å². The lowest BCUT2D eigenvalue weighted by molar-refractivity contribution is 0.101. The summed E-state index contributed by atoms with van der Waals surface area (Å²) in [5.74, 6) is -0.513. The molecule has 0 atom stereocenters. The quantitative estimate of drug-likeness (QED) is 0.492. The molecule has 0 saturated carbocycles. The summed E-state index contributed by atoms with van der Waals surface area (Å²) in [4.78, 5) is 25.0. The lowest BCUT2D eigenvalue weighted by Gasteiger charge is -2.13. The van der Waals surface area contributed by atoms with E-state index in [1.807, 2.05) is 6.07 Å². The molecule has 0 spiro atoms. The summed E-state index contributed by atoms with van der Waals surface area (Å²) in [6, 6.07) is 21.0. The summed E-state index contributed by atoms with van der Waals surface area (Å²) in [7, 11) is 0. The largest absolute Gasteiger partial charge is 0.320 e. The molecule has 2 N–H and O–H groups in total. The van der Waals surface area contributed by atoms with E-state index in [-0.39, 0.29) is 11.8 Å². The Morgan fingerprint density at radius 2 is 1.35 bits per heavy atom. The molecule has 0 unspecified atom stereocenters. The van der Waals surface area contributed by atoms with Crippen molar-refractivity contribution in [3.05, 3.63) is 92.5 Å². The minimum absolute atomic E-state index is 0.242. The van der Waals surface area contributed by atoms with Crippen molar-refractivity contribution in [1.29, 1.82) is 0 Å². The first-order valence-corrected chi connectivity index (χ1v) is 9.22. The van der Waals surface area contributed by atoms with E-state index in [9.17, 15) is 9.59 Å². The Morgan fingerprint density at radius 3 is 1.96 bits per heavy atom. The molecular weight excluding hydrogens is 463 g/mol. The van der Waals surface area contributed by atoms with Crippen molar-refractivity contribution in [2.24, 2.45) is 0 Å². The van der Waals surface area contributed by atoms with Gasteiger partial charge in [0.15, 0.2) is 0 Å². The second-order valence-corrected chi connectivity index (χ2v) is 7.04. The summed E-state index contributed by atoms with van der Waals surface area (Å²) < 4.78 is 0.749. The van der Waals surface area contributed by atoms with Crippen molar-refractivity contribution in [2.75, 3.05) is 10.6 Å². The fourth-order valence-corrected chi connectivity index (χ4v) is 3.46. The normalized spacial score (nSPS) is 10.2. The van der Waals surface area contributed by atoms with Crippen LogP contribution in [0.1, 0.15) is 20.7 Å². The van der Waals surface area contributed by atoms with Gasteiger partial charge in [-0.3, -0.25) is 9.59 Å². The summed E-state index contributed by atoms with van der Waals surface area (Å²) in [5, 5.41) is 6.24. The second kappa shape index (κ2) is 8.33.